The molecule has 0 saturated carbocycles. The van der Waals surface area contributed by atoms with E-state index in [1.807, 2.05) is 71.9 Å². The summed E-state index contributed by atoms with van der Waals surface area (Å²) in [7, 11) is 0. The Morgan fingerprint density at radius 3 is 2.40 bits per heavy atom. The van der Waals surface area contributed by atoms with E-state index in [0.717, 1.165) is 11.1 Å². The Morgan fingerprint density at radius 2 is 1.69 bits per heavy atom. The molecule has 3 N–H and O–H groups in total. The summed E-state index contributed by atoms with van der Waals surface area (Å²) in [5.74, 6) is -1.20. The van der Waals surface area contributed by atoms with Crippen molar-refractivity contribution in [1.29, 1.82) is 0 Å². The van der Waals surface area contributed by atoms with Gasteiger partial charge in [-0.2, -0.15) is 0 Å². The number of halogens is 2. The number of carbonyl (C=O) groups is 3. The fraction of sp³-hybridized carbons (Fsp3) is 0.432. The number of ether oxygens (including phenoxy) is 2. The van der Waals surface area contributed by atoms with E-state index in [4.69, 9.17) is 21.1 Å². The van der Waals surface area contributed by atoms with Gasteiger partial charge in [0.15, 0.2) is 0 Å². The Bertz CT molecular complexity index is 1600. The Kier molecular flexibility index (Phi) is 12.2. The summed E-state index contributed by atoms with van der Waals surface area (Å²) in [4.78, 5) is 41.0. The summed E-state index contributed by atoms with van der Waals surface area (Å²) in [5, 5.41) is 9.29. The van der Waals surface area contributed by atoms with Crippen molar-refractivity contribution < 1.29 is 28.2 Å². The van der Waals surface area contributed by atoms with Gasteiger partial charge in [-0.3, -0.25) is 9.59 Å². The highest BCUT2D eigenvalue weighted by Crippen LogP contribution is 2.41. The molecule has 2 unspecified atom stereocenters. The maximum Gasteiger partial charge on any atom is 0.407 e. The molecule has 1 aliphatic rings. The molecule has 3 aromatic carbocycles. The van der Waals surface area contributed by atoms with E-state index in [0.29, 0.717) is 48.0 Å². The van der Waals surface area contributed by atoms with Crippen LogP contribution in [0.3, 0.4) is 0 Å². The molecule has 1 aliphatic heterocycles. The highest BCUT2D eigenvalue weighted by Gasteiger charge is 2.39. The van der Waals surface area contributed by atoms with E-state index in [-0.39, 0.29) is 24.3 Å². The van der Waals surface area contributed by atoms with Gasteiger partial charge in [0.25, 0.3) is 5.91 Å². The number of fused-ring (bicyclic) bond motifs is 1. The average molecular weight is 681 g/mol. The van der Waals surface area contributed by atoms with Crippen LogP contribution < -0.4 is 20.9 Å². The Hall–Kier alpha value is -3.99. The Morgan fingerprint density at radius 1 is 0.938 bits per heavy atom. The van der Waals surface area contributed by atoms with Gasteiger partial charge < -0.3 is 30.3 Å². The van der Waals surface area contributed by atoms with Crippen molar-refractivity contribution in [2.45, 2.75) is 78.9 Å². The van der Waals surface area contributed by atoms with Gasteiger partial charge in [0, 0.05) is 54.6 Å². The van der Waals surface area contributed by atoms with Crippen molar-refractivity contribution in [2.75, 3.05) is 24.5 Å². The molecule has 1 heterocycles. The number of anilines is 1. The lowest BCUT2D eigenvalue weighted by Crippen LogP contribution is -2.45. The Labute approximate surface area is 287 Å². The topological polar surface area (TPSA) is 109 Å². The second kappa shape index (κ2) is 15.9. The van der Waals surface area contributed by atoms with Gasteiger partial charge in [-0.15, -0.1) is 0 Å². The third-order valence-corrected chi connectivity index (χ3v) is 7.63. The van der Waals surface area contributed by atoms with Crippen LogP contribution in [0.25, 0.3) is 0 Å². The number of carbonyl (C=O) groups excluding carboxylic acids is 3. The predicted octanol–water partition coefficient (Wildman–Crippen LogP) is 6.67. The van der Waals surface area contributed by atoms with Crippen molar-refractivity contribution in [2.24, 2.45) is 5.41 Å². The maximum atomic E-state index is 14.2. The number of rotatable bonds is 11. The number of nitrogens with one attached hydrogen (secondary N) is 3. The third-order valence-electron chi connectivity index (χ3n) is 7.39. The molecule has 2 atom stereocenters. The quantitative estimate of drug-likeness (QED) is 0.195. The molecule has 9 nitrogen and oxygen atoms in total. The monoisotopic (exact) mass is 680 g/mol. The lowest BCUT2D eigenvalue weighted by Gasteiger charge is -2.31. The Balaban J connectivity index is 1.56. The normalized spacial score (nSPS) is 16.6. The second-order valence-corrected chi connectivity index (χ2v) is 14.6. The van der Waals surface area contributed by atoms with Gasteiger partial charge in [-0.25, -0.2) is 9.18 Å². The number of nitrogens with zero attached hydrogens (tertiary/aromatic N) is 1. The molecule has 11 heteroatoms. The van der Waals surface area contributed by atoms with Crippen molar-refractivity contribution in [3.05, 3.63) is 99.8 Å². The molecular formula is C37H46ClFN4O5. The van der Waals surface area contributed by atoms with E-state index in [9.17, 15) is 18.8 Å². The van der Waals surface area contributed by atoms with Crippen LogP contribution in [0.1, 0.15) is 76.3 Å². The first-order valence-electron chi connectivity index (χ1n) is 16.1. The minimum Gasteiger partial charge on any atom is -0.444 e. The third kappa shape index (κ3) is 10.8. The van der Waals surface area contributed by atoms with Crippen LogP contribution in [0, 0.1) is 11.2 Å². The number of hydrogen-bond acceptors (Lipinski definition) is 6. The van der Waals surface area contributed by atoms with E-state index in [1.54, 1.807) is 35.2 Å². The molecule has 258 valence electrons. The minimum absolute atomic E-state index is 0.0142. The first-order chi connectivity index (χ1) is 22.6. The van der Waals surface area contributed by atoms with E-state index in [1.165, 1.54) is 6.07 Å². The van der Waals surface area contributed by atoms with Crippen LogP contribution in [-0.4, -0.2) is 49.2 Å². The fourth-order valence-corrected chi connectivity index (χ4v) is 5.52. The average Bonchev–Trinajstić information content (AvgIpc) is 3.09. The van der Waals surface area contributed by atoms with Gasteiger partial charge in [0.05, 0.1) is 6.42 Å². The molecule has 0 aliphatic carbocycles. The molecule has 0 spiro atoms. The summed E-state index contributed by atoms with van der Waals surface area (Å²) in [6, 6.07) is 19.4. The molecule has 0 bridgehead atoms. The predicted molar refractivity (Wildman–Crippen MR) is 185 cm³/mol. The molecule has 0 aromatic heterocycles. The highest BCUT2D eigenvalue weighted by atomic mass is 35.5. The van der Waals surface area contributed by atoms with Crippen LogP contribution in [-0.2, 0) is 32.2 Å². The lowest BCUT2D eigenvalue weighted by atomic mass is 9.94. The fourth-order valence-electron chi connectivity index (χ4n) is 5.34. The SMILES string of the molecule is CC(C)(C)CN1C(=O)C(CC(=O)NCc2ccccc2F)OC(c2cccc(CNCCNC(=O)OC(C)(C)C)c2)c2cc(Cl)ccc21. The first-order valence-corrected chi connectivity index (χ1v) is 16.5. The summed E-state index contributed by atoms with van der Waals surface area (Å²) >= 11 is 6.52. The minimum atomic E-state index is -1.12. The summed E-state index contributed by atoms with van der Waals surface area (Å²) in [6.07, 6.45) is -2.56. The van der Waals surface area contributed by atoms with Gasteiger partial charge in [-0.05, 0) is 61.6 Å². The van der Waals surface area contributed by atoms with E-state index in [2.05, 4.69) is 16.0 Å². The maximum absolute atomic E-state index is 14.2. The van der Waals surface area contributed by atoms with Gasteiger partial charge in [-0.1, -0.05) is 74.8 Å². The summed E-state index contributed by atoms with van der Waals surface area (Å²) in [6.45, 7) is 13.3. The van der Waals surface area contributed by atoms with Crippen molar-refractivity contribution >= 4 is 35.2 Å². The van der Waals surface area contributed by atoms with E-state index >= 15 is 0 Å². The summed E-state index contributed by atoms with van der Waals surface area (Å²) < 4.78 is 26.1. The standard InChI is InChI=1S/C37H46ClFN4O5/c1-36(2,3)23-43-30-15-14-27(38)19-28(30)33(47-31(34(43)45)20-32(44)42-22-26-11-7-8-13-29(26)39)25-12-9-10-24(18-25)21-40-16-17-41-35(46)48-37(4,5)6/h7-15,18-19,31,33,40H,16-17,20-23H2,1-6H3,(H,41,46)(H,42,44). The van der Waals surface area contributed by atoms with Crippen molar-refractivity contribution in [3.8, 4) is 0 Å². The number of alkyl carbamates (subject to hydrolysis) is 1. The number of benzene rings is 3. The zero-order chi connectivity index (χ0) is 35.1. The molecule has 0 radical (unpaired) electrons. The zero-order valence-corrected chi connectivity index (χ0v) is 29.2. The molecule has 0 fully saturated rings. The van der Waals surface area contributed by atoms with E-state index < -0.39 is 35.6 Å². The van der Waals surface area contributed by atoms with Gasteiger partial charge >= 0.3 is 6.09 Å². The molecule has 0 saturated heterocycles. The van der Waals surface area contributed by atoms with Crippen LogP contribution in [0.2, 0.25) is 5.02 Å². The number of amides is 3. The largest absolute Gasteiger partial charge is 0.444 e. The van der Waals surface area contributed by atoms with Crippen LogP contribution in [0.4, 0.5) is 14.9 Å². The van der Waals surface area contributed by atoms with Crippen LogP contribution in [0.15, 0.2) is 66.7 Å². The zero-order valence-electron chi connectivity index (χ0n) is 28.5. The smallest absolute Gasteiger partial charge is 0.407 e. The van der Waals surface area contributed by atoms with Crippen molar-refractivity contribution in [3.63, 3.8) is 0 Å². The van der Waals surface area contributed by atoms with Gasteiger partial charge in [0.1, 0.15) is 23.6 Å². The second-order valence-electron chi connectivity index (χ2n) is 14.1. The molecular weight excluding hydrogens is 635 g/mol. The summed E-state index contributed by atoms with van der Waals surface area (Å²) in [5.41, 5.74) is 2.62. The first kappa shape index (κ1) is 36.8. The number of hydrogen-bond donors (Lipinski definition) is 3. The lowest BCUT2D eigenvalue weighted by molar-refractivity contribution is -0.138. The molecule has 3 aromatic rings. The van der Waals surface area contributed by atoms with Crippen LogP contribution >= 0.6 is 11.6 Å². The van der Waals surface area contributed by atoms with Crippen molar-refractivity contribution in [1.82, 2.24) is 16.0 Å². The molecule has 48 heavy (non-hydrogen) atoms. The highest BCUT2D eigenvalue weighted by molar-refractivity contribution is 6.30. The van der Waals surface area contributed by atoms with Gasteiger partial charge in [0.2, 0.25) is 5.91 Å². The van der Waals surface area contributed by atoms with Crippen LogP contribution in [0.5, 0.6) is 0 Å². The molecule has 4 rings (SSSR count). The molecule has 3 amide bonds.